The van der Waals surface area contributed by atoms with Crippen LogP contribution in [0, 0.1) is 11.8 Å². The van der Waals surface area contributed by atoms with Crippen LogP contribution in [0.2, 0.25) is 5.02 Å². The zero-order valence-corrected chi connectivity index (χ0v) is 25.9. The van der Waals surface area contributed by atoms with Crippen molar-refractivity contribution in [1.82, 2.24) is 20.1 Å². The van der Waals surface area contributed by atoms with Gasteiger partial charge in [-0.05, 0) is 101 Å². The van der Waals surface area contributed by atoms with Gasteiger partial charge in [0.15, 0.2) is 0 Å². The number of aliphatic hydroxyl groups is 1. The number of aromatic nitrogens is 1. The Balaban J connectivity index is 1.23. The average molecular weight is 683 g/mol. The van der Waals surface area contributed by atoms with Crippen LogP contribution in [-0.4, -0.2) is 71.2 Å². The van der Waals surface area contributed by atoms with E-state index < -0.39 is 0 Å². The Kier molecular flexibility index (Phi) is 9.52. The molecule has 0 bridgehead atoms. The maximum absolute atomic E-state index is 13.3. The third-order valence-corrected chi connectivity index (χ3v) is 9.84. The number of rotatable bonds is 5. The van der Waals surface area contributed by atoms with Crippen molar-refractivity contribution in [2.45, 2.75) is 50.9 Å². The number of nitrogens with one attached hydrogen (secondary N) is 1. The lowest BCUT2D eigenvalue weighted by molar-refractivity contribution is -0.134. The number of amides is 3. The molecule has 3 heterocycles. The van der Waals surface area contributed by atoms with Crippen molar-refractivity contribution in [3.05, 3.63) is 60.7 Å². The molecular formula is C29H35Br2ClN4O3. The number of carbonyl (C=O) groups excluding carboxylic acids is 2. The minimum Gasteiger partial charge on any atom is -0.395 e. The molecule has 39 heavy (non-hydrogen) atoms. The van der Waals surface area contributed by atoms with Crippen LogP contribution in [0.15, 0.2) is 33.3 Å². The van der Waals surface area contributed by atoms with Crippen molar-refractivity contribution in [2.24, 2.45) is 11.8 Å². The van der Waals surface area contributed by atoms with Gasteiger partial charge in [0.25, 0.3) is 0 Å². The SMILES string of the molecule is O=C(CC1CCN(C(=O)NCCO)CC1)N1CCC(C2c3ncc(Br)cc3CCc3cc(Cl)cc(Br)c32)CC1. The van der Waals surface area contributed by atoms with E-state index in [2.05, 4.69) is 49.3 Å². The van der Waals surface area contributed by atoms with Crippen LogP contribution in [0.4, 0.5) is 4.79 Å². The highest BCUT2D eigenvalue weighted by Crippen LogP contribution is 2.46. The van der Waals surface area contributed by atoms with Gasteiger partial charge in [-0.25, -0.2) is 4.79 Å². The molecule has 1 atom stereocenters. The highest BCUT2D eigenvalue weighted by molar-refractivity contribution is 9.10. The van der Waals surface area contributed by atoms with Crippen molar-refractivity contribution in [3.8, 4) is 0 Å². The first kappa shape index (κ1) is 28.8. The van der Waals surface area contributed by atoms with Gasteiger partial charge >= 0.3 is 6.03 Å². The van der Waals surface area contributed by atoms with Gasteiger partial charge < -0.3 is 20.2 Å². The van der Waals surface area contributed by atoms with Crippen LogP contribution in [0.5, 0.6) is 0 Å². The summed E-state index contributed by atoms with van der Waals surface area (Å²) in [5, 5.41) is 12.4. The fourth-order valence-electron chi connectivity index (χ4n) is 6.50. The van der Waals surface area contributed by atoms with E-state index in [-0.39, 0.29) is 31.0 Å². The Hall–Kier alpha value is -1.68. The Morgan fingerprint density at radius 2 is 1.69 bits per heavy atom. The number of fused-ring (bicyclic) bond motifs is 2. The molecular weight excluding hydrogens is 648 g/mol. The Labute approximate surface area is 251 Å². The zero-order valence-electron chi connectivity index (χ0n) is 22.0. The van der Waals surface area contributed by atoms with E-state index in [1.54, 1.807) is 4.90 Å². The summed E-state index contributed by atoms with van der Waals surface area (Å²) in [6.45, 7) is 3.03. The van der Waals surface area contributed by atoms with E-state index in [0.717, 1.165) is 71.3 Å². The number of hydrogen-bond donors (Lipinski definition) is 2. The lowest BCUT2D eigenvalue weighted by Gasteiger charge is -2.38. The summed E-state index contributed by atoms with van der Waals surface area (Å²) >= 11 is 13.9. The van der Waals surface area contributed by atoms with E-state index in [1.807, 2.05) is 17.2 Å². The minimum atomic E-state index is -0.131. The number of aryl methyl sites for hydroxylation is 2. The van der Waals surface area contributed by atoms with Crippen molar-refractivity contribution < 1.29 is 14.7 Å². The third kappa shape index (κ3) is 6.63. The van der Waals surface area contributed by atoms with Gasteiger partial charge in [0.05, 0.1) is 12.3 Å². The first-order valence-corrected chi connectivity index (χ1v) is 15.8. The normalized spacial score (nSPS) is 20.3. The highest BCUT2D eigenvalue weighted by atomic mass is 79.9. The quantitative estimate of drug-likeness (QED) is 0.435. The molecule has 2 aromatic rings. The van der Waals surface area contributed by atoms with Gasteiger partial charge in [-0.1, -0.05) is 27.5 Å². The van der Waals surface area contributed by atoms with Crippen LogP contribution < -0.4 is 5.32 Å². The molecule has 0 radical (unpaired) electrons. The Morgan fingerprint density at radius 3 is 2.41 bits per heavy atom. The molecule has 1 unspecified atom stereocenters. The number of nitrogens with zero attached hydrogens (tertiary/aromatic N) is 3. The second-order valence-electron chi connectivity index (χ2n) is 10.9. The summed E-state index contributed by atoms with van der Waals surface area (Å²) in [6, 6.07) is 6.18. The Morgan fingerprint density at radius 1 is 1.00 bits per heavy atom. The molecule has 0 spiro atoms. The summed E-state index contributed by atoms with van der Waals surface area (Å²) in [5.41, 5.74) is 5.01. The van der Waals surface area contributed by atoms with Crippen LogP contribution in [0.3, 0.4) is 0 Å². The molecule has 1 aliphatic carbocycles. The van der Waals surface area contributed by atoms with Crippen molar-refractivity contribution in [2.75, 3.05) is 39.3 Å². The van der Waals surface area contributed by atoms with Crippen LogP contribution in [-0.2, 0) is 17.6 Å². The smallest absolute Gasteiger partial charge is 0.317 e. The average Bonchev–Trinajstić information content (AvgIpc) is 3.09. The minimum absolute atomic E-state index is 0.0624. The lowest BCUT2D eigenvalue weighted by Crippen LogP contribution is -2.46. The maximum atomic E-state index is 13.3. The molecule has 0 saturated carbocycles. The number of likely N-dealkylation sites (tertiary alicyclic amines) is 2. The molecule has 2 N–H and O–H groups in total. The molecule has 2 aliphatic heterocycles. The molecule has 3 aliphatic rings. The number of carbonyl (C=O) groups is 2. The monoisotopic (exact) mass is 680 g/mol. The molecule has 2 fully saturated rings. The highest BCUT2D eigenvalue weighted by Gasteiger charge is 2.36. The number of halogens is 3. The first-order valence-electron chi connectivity index (χ1n) is 13.9. The molecule has 210 valence electrons. The molecule has 2 saturated heterocycles. The molecule has 1 aromatic heterocycles. The molecule has 5 rings (SSSR count). The summed E-state index contributed by atoms with van der Waals surface area (Å²) in [5.74, 6) is 1.08. The standard InChI is InChI=1S/C29H35Br2ClN4O3/c30-22-14-21-2-1-20-15-23(32)16-24(31)26(20)27(28(21)34-17-22)19-5-10-35(11-6-19)25(38)13-18-3-8-36(9-4-18)29(39)33-7-12-37/h14-19,27,37H,1-13H2,(H,33,39). The number of aliphatic hydroxyl groups excluding tert-OH is 1. The summed E-state index contributed by atoms with van der Waals surface area (Å²) in [7, 11) is 0. The third-order valence-electron chi connectivity index (χ3n) is 8.53. The van der Waals surface area contributed by atoms with E-state index in [1.165, 1.54) is 16.7 Å². The Bertz CT molecular complexity index is 1210. The van der Waals surface area contributed by atoms with Gasteiger partial charge in [-0.2, -0.15) is 0 Å². The topological polar surface area (TPSA) is 85.8 Å². The van der Waals surface area contributed by atoms with E-state index >= 15 is 0 Å². The van der Waals surface area contributed by atoms with Gasteiger partial charge in [0.1, 0.15) is 0 Å². The zero-order chi connectivity index (χ0) is 27.5. The maximum Gasteiger partial charge on any atom is 0.317 e. The number of piperidine rings is 2. The van der Waals surface area contributed by atoms with E-state index in [9.17, 15) is 9.59 Å². The second-order valence-corrected chi connectivity index (χ2v) is 13.2. The van der Waals surface area contributed by atoms with Gasteiger partial charge in [0, 0.05) is 65.2 Å². The van der Waals surface area contributed by atoms with Crippen molar-refractivity contribution in [1.29, 1.82) is 0 Å². The van der Waals surface area contributed by atoms with Crippen LogP contribution >= 0.6 is 43.5 Å². The largest absolute Gasteiger partial charge is 0.395 e. The fourth-order valence-corrected chi connectivity index (χ4v) is 8.00. The number of hydrogen-bond acceptors (Lipinski definition) is 4. The first-order chi connectivity index (χ1) is 18.8. The van der Waals surface area contributed by atoms with Gasteiger partial charge in [0.2, 0.25) is 5.91 Å². The second kappa shape index (κ2) is 12.9. The summed E-state index contributed by atoms with van der Waals surface area (Å²) < 4.78 is 2.04. The fraction of sp³-hybridized carbons (Fsp3) is 0.552. The van der Waals surface area contributed by atoms with Crippen LogP contribution in [0.25, 0.3) is 0 Å². The van der Waals surface area contributed by atoms with Gasteiger partial charge in [-0.15, -0.1) is 0 Å². The number of benzene rings is 1. The van der Waals surface area contributed by atoms with Crippen molar-refractivity contribution >= 4 is 55.4 Å². The molecule has 3 amide bonds. The molecule has 1 aromatic carbocycles. The number of urea groups is 1. The lowest BCUT2D eigenvalue weighted by atomic mass is 9.76. The van der Waals surface area contributed by atoms with Crippen molar-refractivity contribution in [3.63, 3.8) is 0 Å². The molecule has 10 heteroatoms. The summed E-state index contributed by atoms with van der Waals surface area (Å²) in [6.07, 6.45) is 7.85. The van der Waals surface area contributed by atoms with Gasteiger partial charge in [-0.3, -0.25) is 9.78 Å². The van der Waals surface area contributed by atoms with E-state index in [0.29, 0.717) is 31.3 Å². The number of pyridine rings is 1. The molecule has 7 nitrogen and oxygen atoms in total. The van der Waals surface area contributed by atoms with Crippen LogP contribution in [0.1, 0.15) is 60.4 Å². The van der Waals surface area contributed by atoms with E-state index in [4.69, 9.17) is 21.7 Å². The summed E-state index contributed by atoms with van der Waals surface area (Å²) in [4.78, 5) is 34.2. The predicted molar refractivity (Wildman–Crippen MR) is 159 cm³/mol. The predicted octanol–water partition coefficient (Wildman–Crippen LogP) is 5.53.